The van der Waals surface area contributed by atoms with E-state index in [1.165, 1.54) is 12.1 Å². The van der Waals surface area contributed by atoms with E-state index in [0.717, 1.165) is 0 Å². The molecule has 3 nitrogen and oxygen atoms in total. The van der Waals surface area contributed by atoms with Crippen molar-refractivity contribution >= 4 is 24.9 Å². The fourth-order valence-electron chi connectivity index (χ4n) is 0.141. The van der Waals surface area contributed by atoms with Crippen molar-refractivity contribution in [2.24, 2.45) is 0 Å². The van der Waals surface area contributed by atoms with E-state index >= 15 is 0 Å². The van der Waals surface area contributed by atoms with Crippen LogP contribution in [0.25, 0.3) is 0 Å². The molecule has 0 saturated heterocycles. The molecule has 0 spiro atoms. The molecule has 1 N–H and O–H groups in total. The van der Waals surface area contributed by atoms with Gasteiger partial charge in [0.15, 0.2) is 0 Å². The Bertz CT molecular complexity index is 48.5. The Morgan fingerprint density at radius 2 is 1.88 bits per heavy atom. The molecule has 0 aliphatic rings. The van der Waals surface area contributed by atoms with Gasteiger partial charge in [0.25, 0.3) is 0 Å². The molecule has 0 amide bonds. The summed E-state index contributed by atoms with van der Waals surface area (Å²) in [5.41, 5.74) is 0. The van der Waals surface area contributed by atoms with Crippen molar-refractivity contribution in [1.82, 2.24) is 13.6 Å². The van der Waals surface area contributed by atoms with Gasteiger partial charge in [-0.3, -0.25) is 0 Å². The van der Waals surface area contributed by atoms with Crippen LogP contribution in [0.1, 0.15) is 0 Å². The number of thiol groups is 1. The molecule has 0 unspecified atom stereocenters. The summed E-state index contributed by atoms with van der Waals surface area (Å²) in [6.07, 6.45) is 0. The van der Waals surface area contributed by atoms with Crippen molar-refractivity contribution in [2.45, 2.75) is 0 Å². The van der Waals surface area contributed by atoms with Crippen LogP contribution in [0.4, 0.5) is 0 Å². The average molecular weight is 153 g/mol. The average Bonchev–Trinajstić information content (AvgIpc) is 1.61. The molecule has 0 radical (unpaired) electrons. The maximum absolute atomic E-state index is 3.95. The molecule has 50 valence electrons. The number of hydrogen-bond acceptors (Lipinski definition) is 5. The SMILES string of the molecule is CN(S)NSN(C)C. The molecule has 0 atom stereocenters. The van der Waals surface area contributed by atoms with Gasteiger partial charge in [-0.25, -0.2) is 4.31 Å². The molecular weight excluding hydrogens is 142 g/mol. The first-order valence-electron chi connectivity index (χ1n) is 2.15. The first-order chi connectivity index (χ1) is 3.63. The third kappa shape index (κ3) is 6.58. The summed E-state index contributed by atoms with van der Waals surface area (Å²) >= 11 is 5.42. The maximum Gasteiger partial charge on any atom is 0.0218 e. The summed E-state index contributed by atoms with van der Waals surface area (Å²) in [4.78, 5) is 2.89. The highest BCUT2D eigenvalue weighted by Gasteiger charge is 1.89. The molecule has 0 fully saturated rings. The lowest BCUT2D eigenvalue weighted by atomic mass is 11.3. The summed E-state index contributed by atoms with van der Waals surface area (Å²) in [6, 6.07) is 0. The van der Waals surface area contributed by atoms with E-state index < -0.39 is 0 Å². The molecule has 0 aromatic carbocycles. The van der Waals surface area contributed by atoms with Crippen LogP contribution < -0.4 is 4.83 Å². The number of rotatable bonds is 3. The Morgan fingerprint density at radius 1 is 1.38 bits per heavy atom. The van der Waals surface area contributed by atoms with E-state index in [-0.39, 0.29) is 0 Å². The van der Waals surface area contributed by atoms with E-state index in [9.17, 15) is 0 Å². The van der Waals surface area contributed by atoms with Crippen LogP contribution in [-0.4, -0.2) is 29.9 Å². The van der Waals surface area contributed by atoms with E-state index in [0.29, 0.717) is 0 Å². The van der Waals surface area contributed by atoms with Gasteiger partial charge >= 0.3 is 0 Å². The maximum atomic E-state index is 3.95. The predicted molar refractivity (Wildman–Crippen MR) is 41.2 cm³/mol. The lowest BCUT2D eigenvalue weighted by molar-refractivity contribution is 0.539. The Labute approximate surface area is 60.2 Å². The van der Waals surface area contributed by atoms with Gasteiger partial charge in [-0.2, -0.15) is 9.25 Å². The lowest BCUT2D eigenvalue weighted by Crippen LogP contribution is -2.22. The van der Waals surface area contributed by atoms with E-state index in [1.807, 2.05) is 25.4 Å². The first-order valence-corrected chi connectivity index (χ1v) is 3.33. The minimum Gasteiger partial charge on any atom is -0.242 e. The van der Waals surface area contributed by atoms with Crippen molar-refractivity contribution in [2.75, 3.05) is 21.1 Å². The Hall–Kier alpha value is 0.580. The fourth-order valence-corrected chi connectivity index (χ4v) is 0.532. The van der Waals surface area contributed by atoms with Gasteiger partial charge in [-0.05, 0) is 14.1 Å². The largest absolute Gasteiger partial charge is 0.242 e. The molecule has 0 aliphatic heterocycles. The van der Waals surface area contributed by atoms with Crippen molar-refractivity contribution in [3.63, 3.8) is 0 Å². The molecule has 0 bridgehead atoms. The standard InChI is InChI=1S/C3H11N3S2/c1-5(2)8-4-6(3)7/h4,7H,1-3H3. The number of hydrogen-bond donors (Lipinski definition) is 2. The van der Waals surface area contributed by atoms with Crippen LogP contribution in [-0.2, 0) is 0 Å². The molecule has 8 heavy (non-hydrogen) atoms. The third-order valence-electron chi connectivity index (χ3n) is 0.356. The highest BCUT2D eigenvalue weighted by molar-refractivity contribution is 7.95. The highest BCUT2D eigenvalue weighted by atomic mass is 32.2. The van der Waals surface area contributed by atoms with Gasteiger partial charge < -0.3 is 0 Å². The zero-order valence-electron chi connectivity index (χ0n) is 5.25. The zero-order chi connectivity index (χ0) is 6.57. The van der Waals surface area contributed by atoms with Gasteiger partial charge in [0.2, 0.25) is 0 Å². The zero-order valence-corrected chi connectivity index (χ0v) is 6.96. The minimum atomic E-state index is 1.47. The quantitative estimate of drug-likeness (QED) is 0.347. The van der Waals surface area contributed by atoms with Gasteiger partial charge in [0.1, 0.15) is 0 Å². The van der Waals surface area contributed by atoms with E-state index in [1.54, 1.807) is 4.41 Å². The lowest BCUT2D eigenvalue weighted by Gasteiger charge is -2.12. The second-order valence-electron chi connectivity index (χ2n) is 1.52. The van der Waals surface area contributed by atoms with Crippen LogP contribution in [0, 0.1) is 0 Å². The summed E-state index contributed by atoms with van der Waals surface area (Å²) in [5.74, 6) is 0. The van der Waals surface area contributed by atoms with Gasteiger partial charge in [0.05, 0.1) is 0 Å². The molecular formula is C3H11N3S2. The second-order valence-corrected chi connectivity index (χ2v) is 3.21. The molecule has 0 aromatic heterocycles. The minimum absolute atomic E-state index is 1.47. The Morgan fingerprint density at radius 3 is 2.00 bits per heavy atom. The molecule has 5 heteroatoms. The topological polar surface area (TPSA) is 18.5 Å². The smallest absolute Gasteiger partial charge is 0.0218 e. The van der Waals surface area contributed by atoms with Crippen LogP contribution in [0.5, 0.6) is 0 Å². The van der Waals surface area contributed by atoms with Crippen molar-refractivity contribution in [1.29, 1.82) is 0 Å². The normalized spacial score (nSPS) is 11.2. The Kier molecular flexibility index (Phi) is 4.78. The van der Waals surface area contributed by atoms with Crippen molar-refractivity contribution in [3.8, 4) is 0 Å². The summed E-state index contributed by atoms with van der Waals surface area (Å²) < 4.78 is 3.53. The van der Waals surface area contributed by atoms with Gasteiger partial charge in [0, 0.05) is 19.2 Å². The molecule has 0 heterocycles. The molecule has 0 aliphatic carbocycles. The van der Waals surface area contributed by atoms with Crippen LogP contribution in [0.3, 0.4) is 0 Å². The highest BCUT2D eigenvalue weighted by Crippen LogP contribution is 1.97. The molecule has 0 saturated carbocycles. The number of nitrogens with one attached hydrogen (secondary N) is 1. The van der Waals surface area contributed by atoms with Crippen molar-refractivity contribution < 1.29 is 0 Å². The van der Waals surface area contributed by atoms with E-state index in [4.69, 9.17) is 0 Å². The molecule has 0 rings (SSSR count). The van der Waals surface area contributed by atoms with Gasteiger partial charge in [-0.15, -0.1) is 0 Å². The van der Waals surface area contributed by atoms with E-state index in [2.05, 4.69) is 17.6 Å². The summed E-state index contributed by atoms with van der Waals surface area (Å²) in [7, 11) is 5.73. The Balaban J connectivity index is 2.93. The number of hydrazine groups is 1. The van der Waals surface area contributed by atoms with Crippen LogP contribution >= 0.6 is 24.9 Å². The second kappa shape index (κ2) is 4.46. The van der Waals surface area contributed by atoms with Crippen molar-refractivity contribution in [3.05, 3.63) is 0 Å². The third-order valence-corrected chi connectivity index (χ3v) is 1.31. The molecule has 0 aromatic rings. The van der Waals surface area contributed by atoms with Gasteiger partial charge in [-0.1, -0.05) is 12.8 Å². The first kappa shape index (κ1) is 8.58. The fraction of sp³-hybridized carbons (Fsp3) is 1.00. The van der Waals surface area contributed by atoms with Crippen LogP contribution in [0.15, 0.2) is 0 Å². The van der Waals surface area contributed by atoms with Crippen LogP contribution in [0.2, 0.25) is 0 Å². The predicted octanol–water partition coefficient (Wildman–Crippen LogP) is 0.392. The summed E-state index contributed by atoms with van der Waals surface area (Å²) in [5, 5.41) is 0. The monoisotopic (exact) mass is 153 g/mol. The number of nitrogens with zero attached hydrogens (tertiary/aromatic N) is 2. The summed E-state index contributed by atoms with van der Waals surface area (Å²) in [6.45, 7) is 0.